The average molecular weight is 217 g/mol. The van der Waals surface area contributed by atoms with E-state index in [0.717, 1.165) is 12.8 Å². The van der Waals surface area contributed by atoms with Crippen molar-refractivity contribution >= 4 is 5.91 Å². The molecule has 16 heavy (non-hydrogen) atoms. The average Bonchev–Trinajstić information content (AvgIpc) is 2.27. The summed E-state index contributed by atoms with van der Waals surface area (Å²) in [6.07, 6.45) is 3.19. The van der Waals surface area contributed by atoms with Gasteiger partial charge in [-0.1, -0.05) is 36.9 Å². The molecule has 0 aliphatic carbocycles. The molecule has 1 aromatic carbocycles. The number of amides is 1. The fourth-order valence-corrected chi connectivity index (χ4v) is 1.55. The van der Waals surface area contributed by atoms with Crippen LogP contribution in [0, 0.1) is 0 Å². The number of benzene rings is 1. The third-order valence-corrected chi connectivity index (χ3v) is 2.53. The van der Waals surface area contributed by atoms with Crippen LogP contribution in [0.25, 0.3) is 0 Å². The largest absolute Gasteiger partial charge is 0.348 e. The summed E-state index contributed by atoms with van der Waals surface area (Å²) in [6.45, 7) is 7.50. The van der Waals surface area contributed by atoms with Gasteiger partial charge in [-0.25, -0.2) is 0 Å². The summed E-state index contributed by atoms with van der Waals surface area (Å²) >= 11 is 0. The summed E-state index contributed by atoms with van der Waals surface area (Å²) in [5.74, 6) is -0.113. The van der Waals surface area contributed by atoms with E-state index in [1.54, 1.807) is 0 Å². The van der Waals surface area contributed by atoms with Gasteiger partial charge < -0.3 is 5.32 Å². The minimum atomic E-state index is -0.193. The lowest BCUT2D eigenvalue weighted by Gasteiger charge is -2.25. The van der Waals surface area contributed by atoms with E-state index in [9.17, 15) is 4.79 Å². The van der Waals surface area contributed by atoms with Crippen molar-refractivity contribution in [1.82, 2.24) is 5.32 Å². The van der Waals surface area contributed by atoms with Crippen molar-refractivity contribution in [2.45, 2.75) is 32.2 Å². The highest BCUT2D eigenvalue weighted by Gasteiger charge is 2.18. The van der Waals surface area contributed by atoms with E-state index in [4.69, 9.17) is 0 Å². The van der Waals surface area contributed by atoms with Crippen LogP contribution in [0.5, 0.6) is 0 Å². The van der Waals surface area contributed by atoms with E-state index < -0.39 is 0 Å². The molecule has 0 saturated carbocycles. The fourth-order valence-electron chi connectivity index (χ4n) is 1.55. The predicted molar refractivity (Wildman–Crippen MR) is 67.2 cm³/mol. The molecule has 0 unspecified atom stereocenters. The molecule has 2 nitrogen and oxygen atoms in total. The minimum absolute atomic E-state index is 0.113. The first-order valence-electron chi connectivity index (χ1n) is 5.52. The topological polar surface area (TPSA) is 29.1 Å². The molecule has 2 heteroatoms. The van der Waals surface area contributed by atoms with Crippen LogP contribution in [-0.2, 0) is 11.2 Å². The molecule has 0 heterocycles. The van der Waals surface area contributed by atoms with E-state index in [1.165, 1.54) is 11.6 Å². The Balaban J connectivity index is 2.47. The zero-order valence-electron chi connectivity index (χ0n) is 9.99. The Morgan fingerprint density at radius 3 is 2.56 bits per heavy atom. The summed E-state index contributed by atoms with van der Waals surface area (Å²) in [5.41, 5.74) is 1.10. The Kier molecular flexibility index (Phi) is 4.29. The molecule has 0 fully saturated rings. The van der Waals surface area contributed by atoms with Crippen LogP contribution in [0.2, 0.25) is 0 Å². The van der Waals surface area contributed by atoms with E-state index in [-0.39, 0.29) is 11.4 Å². The third kappa shape index (κ3) is 4.30. The van der Waals surface area contributed by atoms with Crippen molar-refractivity contribution in [3.63, 3.8) is 0 Å². The first-order chi connectivity index (χ1) is 7.53. The maximum Gasteiger partial charge on any atom is 0.243 e. The van der Waals surface area contributed by atoms with Crippen LogP contribution in [0.15, 0.2) is 43.0 Å². The van der Waals surface area contributed by atoms with E-state index in [2.05, 4.69) is 24.0 Å². The Bertz CT molecular complexity index is 354. The molecule has 0 spiro atoms. The summed E-state index contributed by atoms with van der Waals surface area (Å²) in [4.78, 5) is 11.2. The van der Waals surface area contributed by atoms with Crippen LogP contribution < -0.4 is 5.32 Å². The maximum absolute atomic E-state index is 11.2. The zero-order valence-corrected chi connectivity index (χ0v) is 9.99. The second-order valence-corrected chi connectivity index (χ2v) is 4.56. The molecule has 0 radical (unpaired) electrons. The molecule has 1 N–H and O–H groups in total. The van der Waals surface area contributed by atoms with Gasteiger partial charge in [0.25, 0.3) is 0 Å². The van der Waals surface area contributed by atoms with Gasteiger partial charge in [0, 0.05) is 5.54 Å². The van der Waals surface area contributed by atoms with Gasteiger partial charge in [0.2, 0.25) is 5.91 Å². The molecule has 0 bridgehead atoms. The number of nitrogens with one attached hydrogen (secondary N) is 1. The smallest absolute Gasteiger partial charge is 0.243 e. The molecule has 0 atom stereocenters. The van der Waals surface area contributed by atoms with Gasteiger partial charge in [0.15, 0.2) is 0 Å². The molecule has 0 aromatic heterocycles. The van der Waals surface area contributed by atoms with Crippen molar-refractivity contribution in [2.75, 3.05) is 0 Å². The predicted octanol–water partition coefficient (Wildman–Crippen LogP) is 2.70. The lowest BCUT2D eigenvalue weighted by atomic mass is 9.95. The van der Waals surface area contributed by atoms with Gasteiger partial charge in [0.05, 0.1) is 0 Å². The Morgan fingerprint density at radius 2 is 2.00 bits per heavy atom. The molecule has 86 valence electrons. The van der Waals surface area contributed by atoms with E-state index in [0.29, 0.717) is 0 Å². The lowest BCUT2D eigenvalue weighted by molar-refractivity contribution is -0.118. The fraction of sp³-hybridized carbons (Fsp3) is 0.357. The first kappa shape index (κ1) is 12.5. The quantitative estimate of drug-likeness (QED) is 0.755. The van der Waals surface area contributed by atoms with E-state index in [1.807, 2.05) is 32.0 Å². The summed E-state index contributed by atoms with van der Waals surface area (Å²) in [6, 6.07) is 10.3. The number of carbonyl (C=O) groups is 1. The van der Waals surface area contributed by atoms with Gasteiger partial charge >= 0.3 is 0 Å². The number of aryl methyl sites for hydroxylation is 1. The van der Waals surface area contributed by atoms with Crippen LogP contribution in [0.4, 0.5) is 0 Å². The Labute approximate surface area is 97.4 Å². The first-order valence-corrected chi connectivity index (χ1v) is 5.52. The highest BCUT2D eigenvalue weighted by atomic mass is 16.1. The molecule has 1 aromatic rings. The molecule has 0 aliphatic heterocycles. The molecule has 1 amide bonds. The normalized spacial score (nSPS) is 10.9. The van der Waals surface area contributed by atoms with Crippen LogP contribution >= 0.6 is 0 Å². The zero-order chi connectivity index (χ0) is 12.0. The van der Waals surface area contributed by atoms with Gasteiger partial charge in [-0.3, -0.25) is 4.79 Å². The van der Waals surface area contributed by atoms with Gasteiger partial charge in [-0.15, -0.1) is 0 Å². The molecule has 1 rings (SSSR count). The third-order valence-electron chi connectivity index (χ3n) is 2.53. The van der Waals surface area contributed by atoms with Gasteiger partial charge in [0.1, 0.15) is 0 Å². The number of carbonyl (C=O) groups excluding carboxylic acids is 1. The summed E-state index contributed by atoms with van der Waals surface area (Å²) < 4.78 is 0. The highest BCUT2D eigenvalue weighted by molar-refractivity contribution is 5.87. The van der Waals surface area contributed by atoms with Crippen molar-refractivity contribution in [3.05, 3.63) is 48.6 Å². The van der Waals surface area contributed by atoms with Crippen LogP contribution in [0.1, 0.15) is 25.8 Å². The second kappa shape index (κ2) is 5.50. The molecule has 0 saturated heterocycles. The molecular formula is C14H19NO. The van der Waals surface area contributed by atoms with Crippen molar-refractivity contribution in [2.24, 2.45) is 0 Å². The summed E-state index contributed by atoms with van der Waals surface area (Å²) in [5, 5.41) is 2.92. The molecule has 0 aliphatic rings. The monoisotopic (exact) mass is 217 g/mol. The SMILES string of the molecule is C=CC(=O)NC(C)(C)CCc1ccccc1. The summed E-state index contributed by atoms with van der Waals surface area (Å²) in [7, 11) is 0. The van der Waals surface area contributed by atoms with Crippen molar-refractivity contribution in [3.8, 4) is 0 Å². The maximum atomic E-state index is 11.2. The second-order valence-electron chi connectivity index (χ2n) is 4.56. The van der Waals surface area contributed by atoms with Gasteiger partial charge in [-0.05, 0) is 38.3 Å². The van der Waals surface area contributed by atoms with E-state index >= 15 is 0 Å². The van der Waals surface area contributed by atoms with Crippen LogP contribution in [-0.4, -0.2) is 11.4 Å². The number of rotatable bonds is 5. The lowest BCUT2D eigenvalue weighted by Crippen LogP contribution is -2.42. The highest BCUT2D eigenvalue weighted by Crippen LogP contribution is 2.13. The number of hydrogen-bond donors (Lipinski definition) is 1. The van der Waals surface area contributed by atoms with Crippen molar-refractivity contribution in [1.29, 1.82) is 0 Å². The van der Waals surface area contributed by atoms with Crippen LogP contribution in [0.3, 0.4) is 0 Å². The molecular weight excluding hydrogens is 198 g/mol. The standard InChI is InChI=1S/C14H19NO/c1-4-13(16)15-14(2,3)11-10-12-8-6-5-7-9-12/h4-9H,1,10-11H2,2-3H3,(H,15,16). The minimum Gasteiger partial charge on any atom is -0.348 e. The van der Waals surface area contributed by atoms with Gasteiger partial charge in [-0.2, -0.15) is 0 Å². The Hall–Kier alpha value is -1.57. The van der Waals surface area contributed by atoms with Crippen molar-refractivity contribution < 1.29 is 4.79 Å². The number of hydrogen-bond acceptors (Lipinski definition) is 1. The Morgan fingerprint density at radius 1 is 1.38 bits per heavy atom.